The standard InChI is InChI=1S/C14H22O5/c1-10(8-16-2)19-9-13(15)12-6-5-11(17-3)7-14(12)18-4/h5-7,10,13,15H,8-9H2,1-4H3. The largest absolute Gasteiger partial charge is 0.497 e. The quantitative estimate of drug-likeness (QED) is 0.780. The fourth-order valence-electron chi connectivity index (χ4n) is 1.72. The molecule has 0 aliphatic rings. The van der Waals surface area contributed by atoms with E-state index in [0.717, 1.165) is 0 Å². The number of methoxy groups -OCH3 is 3. The van der Waals surface area contributed by atoms with Gasteiger partial charge in [-0.15, -0.1) is 0 Å². The molecular weight excluding hydrogens is 248 g/mol. The first-order valence-corrected chi connectivity index (χ1v) is 6.12. The first kappa shape index (κ1) is 15.8. The molecule has 0 aliphatic carbocycles. The molecule has 1 N–H and O–H groups in total. The Kier molecular flexibility index (Phi) is 6.62. The maximum atomic E-state index is 10.1. The Morgan fingerprint density at radius 1 is 1.11 bits per heavy atom. The van der Waals surface area contributed by atoms with E-state index in [0.29, 0.717) is 23.7 Å². The van der Waals surface area contributed by atoms with Gasteiger partial charge in [0, 0.05) is 18.7 Å². The minimum absolute atomic E-state index is 0.0658. The molecule has 19 heavy (non-hydrogen) atoms. The molecule has 0 spiro atoms. The average molecular weight is 270 g/mol. The van der Waals surface area contributed by atoms with Crippen molar-refractivity contribution in [2.45, 2.75) is 19.1 Å². The third-order valence-electron chi connectivity index (χ3n) is 2.74. The van der Waals surface area contributed by atoms with Crippen molar-refractivity contribution in [3.05, 3.63) is 23.8 Å². The van der Waals surface area contributed by atoms with Gasteiger partial charge in [-0.05, 0) is 19.1 Å². The van der Waals surface area contributed by atoms with Crippen molar-refractivity contribution >= 4 is 0 Å². The van der Waals surface area contributed by atoms with Crippen LogP contribution in [0, 0.1) is 0 Å². The molecule has 0 bridgehead atoms. The fraction of sp³-hybridized carbons (Fsp3) is 0.571. The minimum Gasteiger partial charge on any atom is -0.497 e. The molecule has 0 radical (unpaired) electrons. The van der Waals surface area contributed by atoms with Crippen molar-refractivity contribution < 1.29 is 24.1 Å². The van der Waals surface area contributed by atoms with Crippen molar-refractivity contribution in [2.24, 2.45) is 0 Å². The smallest absolute Gasteiger partial charge is 0.128 e. The van der Waals surface area contributed by atoms with E-state index in [2.05, 4.69) is 0 Å². The molecule has 5 heteroatoms. The van der Waals surface area contributed by atoms with Crippen LogP contribution < -0.4 is 9.47 Å². The van der Waals surface area contributed by atoms with Crippen molar-refractivity contribution in [2.75, 3.05) is 34.5 Å². The molecule has 0 fully saturated rings. The molecule has 1 aromatic carbocycles. The molecule has 2 atom stereocenters. The lowest BCUT2D eigenvalue weighted by Gasteiger charge is -2.18. The van der Waals surface area contributed by atoms with Crippen molar-refractivity contribution in [1.29, 1.82) is 0 Å². The summed E-state index contributed by atoms with van der Waals surface area (Å²) in [4.78, 5) is 0. The van der Waals surface area contributed by atoms with Gasteiger partial charge in [0.15, 0.2) is 0 Å². The van der Waals surface area contributed by atoms with E-state index < -0.39 is 6.10 Å². The molecule has 0 amide bonds. The number of aliphatic hydroxyl groups is 1. The van der Waals surface area contributed by atoms with Crippen LogP contribution in [0.15, 0.2) is 18.2 Å². The van der Waals surface area contributed by atoms with Gasteiger partial charge in [0.1, 0.15) is 17.6 Å². The van der Waals surface area contributed by atoms with Gasteiger partial charge in [-0.3, -0.25) is 0 Å². The predicted octanol–water partition coefficient (Wildman–Crippen LogP) is 1.79. The molecule has 5 nitrogen and oxygen atoms in total. The van der Waals surface area contributed by atoms with Crippen molar-refractivity contribution in [3.8, 4) is 11.5 Å². The Morgan fingerprint density at radius 2 is 1.84 bits per heavy atom. The molecule has 0 heterocycles. The zero-order valence-corrected chi connectivity index (χ0v) is 11.9. The molecule has 1 aromatic rings. The van der Waals surface area contributed by atoms with E-state index in [4.69, 9.17) is 18.9 Å². The van der Waals surface area contributed by atoms with E-state index in [9.17, 15) is 5.11 Å². The molecule has 0 aliphatic heterocycles. The summed E-state index contributed by atoms with van der Waals surface area (Å²) in [6.07, 6.45) is -0.816. The Morgan fingerprint density at radius 3 is 2.42 bits per heavy atom. The van der Waals surface area contributed by atoms with Crippen LogP contribution in [0.1, 0.15) is 18.6 Å². The molecule has 0 saturated heterocycles. The number of rotatable bonds is 8. The lowest BCUT2D eigenvalue weighted by atomic mass is 10.1. The highest BCUT2D eigenvalue weighted by atomic mass is 16.5. The first-order valence-electron chi connectivity index (χ1n) is 6.12. The topological polar surface area (TPSA) is 57.2 Å². The van der Waals surface area contributed by atoms with Gasteiger partial charge in [-0.25, -0.2) is 0 Å². The second kappa shape index (κ2) is 7.99. The maximum Gasteiger partial charge on any atom is 0.128 e. The van der Waals surface area contributed by atoms with E-state index in [1.165, 1.54) is 0 Å². The number of aliphatic hydroxyl groups excluding tert-OH is 1. The summed E-state index contributed by atoms with van der Waals surface area (Å²) in [6.45, 7) is 2.57. The lowest BCUT2D eigenvalue weighted by molar-refractivity contribution is -0.0330. The Hall–Kier alpha value is -1.30. The highest BCUT2D eigenvalue weighted by Crippen LogP contribution is 2.29. The van der Waals surface area contributed by atoms with Crippen LogP contribution in [-0.2, 0) is 9.47 Å². The van der Waals surface area contributed by atoms with Crippen molar-refractivity contribution in [1.82, 2.24) is 0 Å². The second-order valence-corrected chi connectivity index (χ2v) is 4.22. The predicted molar refractivity (Wildman–Crippen MR) is 71.8 cm³/mol. The molecule has 0 saturated carbocycles. The highest BCUT2D eigenvalue weighted by Gasteiger charge is 2.15. The van der Waals surface area contributed by atoms with Crippen LogP contribution >= 0.6 is 0 Å². The van der Waals surface area contributed by atoms with Crippen LogP contribution in [0.3, 0.4) is 0 Å². The zero-order valence-electron chi connectivity index (χ0n) is 11.9. The zero-order chi connectivity index (χ0) is 14.3. The summed E-state index contributed by atoms with van der Waals surface area (Å²) in [5.41, 5.74) is 0.674. The summed E-state index contributed by atoms with van der Waals surface area (Å²) >= 11 is 0. The number of ether oxygens (including phenoxy) is 4. The van der Waals surface area contributed by atoms with Gasteiger partial charge in [-0.2, -0.15) is 0 Å². The third-order valence-corrected chi connectivity index (χ3v) is 2.74. The summed E-state index contributed by atoms with van der Waals surface area (Å²) < 4.78 is 20.8. The van der Waals surface area contributed by atoms with Crippen molar-refractivity contribution in [3.63, 3.8) is 0 Å². The van der Waals surface area contributed by atoms with Crippen LogP contribution in [0.2, 0.25) is 0 Å². The van der Waals surface area contributed by atoms with Crippen LogP contribution in [-0.4, -0.2) is 45.8 Å². The SMILES string of the molecule is COCC(C)OCC(O)c1ccc(OC)cc1OC. The monoisotopic (exact) mass is 270 g/mol. The van der Waals surface area contributed by atoms with E-state index in [-0.39, 0.29) is 12.7 Å². The second-order valence-electron chi connectivity index (χ2n) is 4.22. The van der Waals surface area contributed by atoms with Crippen LogP contribution in [0.25, 0.3) is 0 Å². The number of hydrogen-bond donors (Lipinski definition) is 1. The molecule has 1 rings (SSSR count). The van der Waals surface area contributed by atoms with Gasteiger partial charge in [0.05, 0.1) is 33.5 Å². The van der Waals surface area contributed by atoms with Crippen LogP contribution in [0.4, 0.5) is 0 Å². The Labute approximate surface area is 114 Å². The van der Waals surface area contributed by atoms with Gasteiger partial charge >= 0.3 is 0 Å². The molecular formula is C14H22O5. The molecule has 0 aromatic heterocycles. The summed E-state index contributed by atoms with van der Waals surface area (Å²) in [5, 5.41) is 10.1. The lowest BCUT2D eigenvalue weighted by Crippen LogP contribution is -2.19. The van der Waals surface area contributed by atoms with E-state index in [1.54, 1.807) is 39.5 Å². The Balaban J connectivity index is 2.68. The van der Waals surface area contributed by atoms with E-state index >= 15 is 0 Å². The molecule has 108 valence electrons. The van der Waals surface area contributed by atoms with E-state index in [1.807, 2.05) is 6.92 Å². The highest BCUT2D eigenvalue weighted by molar-refractivity contribution is 5.41. The third kappa shape index (κ3) is 4.70. The van der Waals surface area contributed by atoms with Gasteiger partial charge in [-0.1, -0.05) is 0 Å². The molecule has 2 unspecified atom stereocenters. The summed E-state index contributed by atoms with van der Waals surface area (Å²) in [7, 11) is 4.75. The summed E-state index contributed by atoms with van der Waals surface area (Å²) in [6, 6.07) is 5.28. The van der Waals surface area contributed by atoms with Gasteiger partial charge < -0.3 is 24.1 Å². The minimum atomic E-state index is -0.750. The fourth-order valence-corrected chi connectivity index (χ4v) is 1.72. The maximum absolute atomic E-state index is 10.1. The first-order chi connectivity index (χ1) is 9.12. The van der Waals surface area contributed by atoms with Crippen LogP contribution in [0.5, 0.6) is 11.5 Å². The summed E-state index contributed by atoms with van der Waals surface area (Å²) in [5.74, 6) is 1.26. The normalized spacial score (nSPS) is 13.9. The number of hydrogen-bond acceptors (Lipinski definition) is 5. The average Bonchev–Trinajstić information content (AvgIpc) is 2.44. The Bertz CT molecular complexity index is 380. The van der Waals surface area contributed by atoms with Gasteiger partial charge in [0.2, 0.25) is 0 Å². The number of benzene rings is 1. The van der Waals surface area contributed by atoms with Gasteiger partial charge in [0.25, 0.3) is 0 Å².